The monoisotopic (exact) mass is 237 g/mol. The first-order chi connectivity index (χ1) is 7.70. The highest BCUT2D eigenvalue weighted by atomic mass is 32.2. The molecule has 16 heavy (non-hydrogen) atoms. The van der Waals surface area contributed by atoms with Crippen LogP contribution in [0.4, 0.5) is 5.95 Å². The van der Waals surface area contributed by atoms with Crippen molar-refractivity contribution in [3.05, 3.63) is 18.1 Å². The molecule has 0 unspecified atom stereocenters. The summed E-state index contributed by atoms with van der Waals surface area (Å²) in [6.07, 6.45) is 3.21. The summed E-state index contributed by atoms with van der Waals surface area (Å²) in [6.45, 7) is 1.93. The molecule has 2 heterocycles. The van der Waals surface area contributed by atoms with Crippen LogP contribution in [-0.4, -0.2) is 24.7 Å². The average Bonchev–Trinajstić information content (AvgIpc) is 2.68. The quantitative estimate of drug-likeness (QED) is 0.452. The maximum atomic E-state index is 5.25. The number of nitrogens with two attached hydrogens (primary N) is 1. The number of rotatable bonds is 3. The van der Waals surface area contributed by atoms with Gasteiger partial charge in [0.2, 0.25) is 5.95 Å². The van der Waals surface area contributed by atoms with Gasteiger partial charge in [-0.2, -0.15) is 5.10 Å². The first-order valence-electron chi connectivity index (χ1n) is 4.53. The number of anilines is 1. The molecule has 8 heteroatoms. The van der Waals surface area contributed by atoms with Gasteiger partial charge in [-0.3, -0.25) is 5.43 Å². The van der Waals surface area contributed by atoms with E-state index in [-0.39, 0.29) is 0 Å². The zero-order valence-corrected chi connectivity index (χ0v) is 9.69. The molecule has 0 aromatic carbocycles. The lowest BCUT2D eigenvalue weighted by Crippen LogP contribution is -2.11. The topological polar surface area (TPSA) is 94.5 Å². The second-order valence-corrected chi connectivity index (χ2v) is 4.05. The molecule has 0 amide bonds. The third-order valence-corrected chi connectivity index (χ3v) is 3.07. The van der Waals surface area contributed by atoms with Crippen molar-refractivity contribution in [2.24, 2.45) is 12.9 Å². The second kappa shape index (κ2) is 4.45. The molecule has 0 fully saturated rings. The van der Waals surface area contributed by atoms with E-state index in [0.29, 0.717) is 5.95 Å². The van der Waals surface area contributed by atoms with Gasteiger partial charge in [0, 0.05) is 18.8 Å². The molecule has 0 aliphatic heterocycles. The molecule has 0 spiro atoms. The number of nitrogens with zero attached hydrogens (tertiary/aromatic N) is 5. The lowest BCUT2D eigenvalue weighted by atomic mass is 10.4. The number of aryl methyl sites for hydroxylation is 2. The molecule has 3 N–H and O–H groups in total. The number of nitrogens with one attached hydrogen (secondary N) is 1. The molecule has 0 bridgehead atoms. The Hall–Kier alpha value is -1.67. The van der Waals surface area contributed by atoms with E-state index in [1.54, 1.807) is 10.9 Å². The van der Waals surface area contributed by atoms with Crippen molar-refractivity contribution in [2.75, 3.05) is 5.43 Å². The number of hydrazine groups is 1. The van der Waals surface area contributed by atoms with Gasteiger partial charge in [0.15, 0.2) is 5.16 Å². The standard InChI is InChI=1S/C8H11N7S/c1-5-3-10-7(14-9)13-6(5)16-8-11-4-12-15(8)2/h3-4H,9H2,1-2H3,(H,10,13,14). The molecule has 7 nitrogen and oxygen atoms in total. The zero-order chi connectivity index (χ0) is 11.5. The van der Waals surface area contributed by atoms with E-state index in [4.69, 9.17) is 5.84 Å². The van der Waals surface area contributed by atoms with Gasteiger partial charge in [0.05, 0.1) is 0 Å². The van der Waals surface area contributed by atoms with Crippen LogP contribution in [0.25, 0.3) is 0 Å². The minimum atomic E-state index is 0.385. The molecule has 2 aromatic rings. The summed E-state index contributed by atoms with van der Waals surface area (Å²) >= 11 is 1.42. The van der Waals surface area contributed by atoms with Gasteiger partial charge in [-0.15, -0.1) is 0 Å². The largest absolute Gasteiger partial charge is 0.292 e. The Morgan fingerprint density at radius 1 is 1.44 bits per heavy atom. The Bertz CT molecular complexity index is 495. The predicted molar refractivity (Wildman–Crippen MR) is 59.7 cm³/mol. The maximum absolute atomic E-state index is 5.25. The normalized spacial score (nSPS) is 10.4. The third-order valence-electron chi connectivity index (χ3n) is 1.91. The highest BCUT2D eigenvalue weighted by Gasteiger charge is 2.08. The van der Waals surface area contributed by atoms with Crippen LogP contribution in [0.15, 0.2) is 22.7 Å². The van der Waals surface area contributed by atoms with E-state index in [1.165, 1.54) is 18.1 Å². The average molecular weight is 237 g/mol. The predicted octanol–water partition coefficient (Wildman–Crippen LogP) is 0.350. The van der Waals surface area contributed by atoms with Crippen LogP contribution in [0, 0.1) is 6.92 Å². The Balaban J connectivity index is 2.30. The first-order valence-corrected chi connectivity index (χ1v) is 5.34. The number of nitrogen functional groups attached to an aromatic ring is 1. The van der Waals surface area contributed by atoms with Gasteiger partial charge < -0.3 is 0 Å². The molecule has 2 aromatic heterocycles. The van der Waals surface area contributed by atoms with Gasteiger partial charge >= 0.3 is 0 Å². The SMILES string of the molecule is Cc1cnc(NN)nc1Sc1ncnn1C. The summed E-state index contributed by atoms with van der Waals surface area (Å²) in [4.78, 5) is 12.4. The van der Waals surface area contributed by atoms with Crippen molar-refractivity contribution >= 4 is 17.7 Å². The van der Waals surface area contributed by atoms with E-state index in [9.17, 15) is 0 Å². The Kier molecular flexibility index (Phi) is 3.02. The van der Waals surface area contributed by atoms with Crippen LogP contribution >= 0.6 is 11.8 Å². The van der Waals surface area contributed by atoms with Crippen molar-refractivity contribution in [2.45, 2.75) is 17.1 Å². The van der Waals surface area contributed by atoms with E-state index in [0.717, 1.165) is 15.7 Å². The van der Waals surface area contributed by atoms with Gasteiger partial charge in [-0.25, -0.2) is 25.5 Å². The lowest BCUT2D eigenvalue weighted by molar-refractivity contribution is 0.684. The number of hydrogen-bond acceptors (Lipinski definition) is 7. The van der Waals surface area contributed by atoms with Crippen LogP contribution in [0.3, 0.4) is 0 Å². The fourth-order valence-corrected chi connectivity index (χ4v) is 1.86. The molecule has 0 saturated heterocycles. The van der Waals surface area contributed by atoms with Crippen molar-refractivity contribution < 1.29 is 0 Å². The van der Waals surface area contributed by atoms with Crippen molar-refractivity contribution in [3.8, 4) is 0 Å². The molecular formula is C8H11N7S. The Morgan fingerprint density at radius 3 is 2.88 bits per heavy atom. The molecule has 0 aliphatic rings. The third kappa shape index (κ3) is 2.12. The van der Waals surface area contributed by atoms with Crippen LogP contribution in [0.5, 0.6) is 0 Å². The fraction of sp³-hybridized carbons (Fsp3) is 0.250. The summed E-state index contributed by atoms with van der Waals surface area (Å²) in [7, 11) is 1.83. The summed E-state index contributed by atoms with van der Waals surface area (Å²) in [5, 5.41) is 5.56. The fourth-order valence-electron chi connectivity index (χ4n) is 1.06. The summed E-state index contributed by atoms with van der Waals surface area (Å²) in [6, 6.07) is 0. The highest BCUT2D eigenvalue weighted by molar-refractivity contribution is 7.99. The molecule has 84 valence electrons. The summed E-state index contributed by atoms with van der Waals surface area (Å²) < 4.78 is 1.68. The van der Waals surface area contributed by atoms with Crippen molar-refractivity contribution in [1.82, 2.24) is 24.7 Å². The van der Waals surface area contributed by atoms with E-state index < -0.39 is 0 Å². The molecule has 0 atom stereocenters. The van der Waals surface area contributed by atoms with Gasteiger partial charge in [-0.1, -0.05) is 0 Å². The zero-order valence-electron chi connectivity index (χ0n) is 8.88. The number of aromatic nitrogens is 5. The van der Waals surface area contributed by atoms with Crippen LogP contribution in [0.1, 0.15) is 5.56 Å². The van der Waals surface area contributed by atoms with Gasteiger partial charge in [0.25, 0.3) is 0 Å². The van der Waals surface area contributed by atoms with E-state index in [1.807, 2.05) is 14.0 Å². The molecule has 0 aliphatic carbocycles. The molecule has 0 radical (unpaired) electrons. The minimum Gasteiger partial charge on any atom is -0.292 e. The second-order valence-electron chi connectivity index (χ2n) is 3.09. The lowest BCUT2D eigenvalue weighted by Gasteiger charge is -2.05. The summed E-state index contributed by atoms with van der Waals surface area (Å²) in [5.41, 5.74) is 3.38. The summed E-state index contributed by atoms with van der Waals surface area (Å²) in [5.74, 6) is 5.64. The minimum absolute atomic E-state index is 0.385. The van der Waals surface area contributed by atoms with Crippen molar-refractivity contribution in [1.29, 1.82) is 0 Å². The number of hydrogen-bond donors (Lipinski definition) is 2. The van der Waals surface area contributed by atoms with Crippen LogP contribution < -0.4 is 11.3 Å². The maximum Gasteiger partial charge on any atom is 0.238 e. The Morgan fingerprint density at radius 2 is 2.25 bits per heavy atom. The van der Waals surface area contributed by atoms with Crippen LogP contribution in [-0.2, 0) is 7.05 Å². The molecule has 2 rings (SSSR count). The Labute approximate surface area is 96.5 Å². The molecular weight excluding hydrogens is 226 g/mol. The molecule has 0 saturated carbocycles. The smallest absolute Gasteiger partial charge is 0.238 e. The highest BCUT2D eigenvalue weighted by Crippen LogP contribution is 2.26. The van der Waals surface area contributed by atoms with Gasteiger partial charge in [0.1, 0.15) is 11.4 Å². The first kappa shape index (κ1) is 10.8. The van der Waals surface area contributed by atoms with Crippen molar-refractivity contribution in [3.63, 3.8) is 0 Å². The van der Waals surface area contributed by atoms with E-state index in [2.05, 4.69) is 25.5 Å². The van der Waals surface area contributed by atoms with E-state index >= 15 is 0 Å². The van der Waals surface area contributed by atoms with Crippen LogP contribution in [0.2, 0.25) is 0 Å². The van der Waals surface area contributed by atoms with Gasteiger partial charge in [-0.05, 0) is 18.7 Å².